The first-order valence-corrected chi connectivity index (χ1v) is 25.0. The number of hydrogen-bond acceptors (Lipinski definition) is 5. The van der Waals surface area contributed by atoms with Gasteiger partial charge in [0.25, 0.3) is 0 Å². The summed E-state index contributed by atoms with van der Waals surface area (Å²) in [6, 6.07) is -0.247. The third kappa shape index (κ3) is 39.5. The van der Waals surface area contributed by atoms with Crippen LogP contribution in [0.3, 0.4) is 0 Å². The van der Waals surface area contributed by atoms with E-state index in [1.807, 2.05) is 6.92 Å². The first-order valence-electron chi connectivity index (χ1n) is 25.0. The number of allylic oxidation sites excluding steroid dienone is 1. The van der Waals surface area contributed by atoms with Gasteiger partial charge in [0.2, 0.25) is 5.91 Å². The van der Waals surface area contributed by atoms with Gasteiger partial charge in [-0.3, -0.25) is 14.4 Å². The number of Topliss-reactive ketones (excluding diaryl/α,β-unsaturated/α-hetero) is 1. The van der Waals surface area contributed by atoms with Crippen LogP contribution >= 0.6 is 0 Å². The fraction of sp³-hybridized carbons (Fsp3) is 0.902. The van der Waals surface area contributed by atoms with Crippen molar-refractivity contribution >= 4 is 17.7 Å². The second-order valence-corrected chi connectivity index (χ2v) is 17.4. The van der Waals surface area contributed by atoms with Crippen LogP contribution in [0.15, 0.2) is 12.2 Å². The van der Waals surface area contributed by atoms with Gasteiger partial charge in [0.05, 0.1) is 18.6 Å². The normalized spacial score (nSPS) is 13.2. The Balaban J connectivity index is 4.42. The monoisotopic (exact) mass is 804 g/mol. The summed E-state index contributed by atoms with van der Waals surface area (Å²) >= 11 is 0. The van der Waals surface area contributed by atoms with Crippen LogP contribution in [0.2, 0.25) is 0 Å². The molecule has 0 fully saturated rings. The molecule has 3 atom stereocenters. The van der Waals surface area contributed by atoms with Crippen molar-refractivity contribution in [1.29, 1.82) is 0 Å². The van der Waals surface area contributed by atoms with E-state index in [1.54, 1.807) is 7.11 Å². The molecule has 0 rings (SSSR count). The molecule has 0 saturated carbocycles. The molecule has 6 nitrogen and oxygen atoms in total. The summed E-state index contributed by atoms with van der Waals surface area (Å²) < 4.78 is 11.1. The number of carbonyl (C=O) groups is 3. The summed E-state index contributed by atoms with van der Waals surface area (Å²) in [7, 11) is 1.74. The van der Waals surface area contributed by atoms with Crippen LogP contribution in [0.4, 0.5) is 0 Å². The Morgan fingerprint density at radius 1 is 0.526 bits per heavy atom. The molecule has 0 aliphatic carbocycles. The minimum Gasteiger partial charge on any atom is -0.463 e. The molecule has 0 saturated heterocycles. The largest absolute Gasteiger partial charge is 0.463 e. The number of esters is 1. The van der Waals surface area contributed by atoms with E-state index in [0.717, 1.165) is 44.9 Å². The Bertz CT molecular complexity index is 915. The lowest BCUT2D eigenvalue weighted by molar-refractivity contribution is -0.146. The third-order valence-corrected chi connectivity index (χ3v) is 12.0. The molecule has 0 aromatic carbocycles. The standard InChI is InChI=1S/C51H97NO5/c1-6-9-11-13-15-17-19-21-23-24-25-27-29-31-33-35-37-42-50(54)52-47(40-36-34-32-30-28-26-22-20-18-16-14-12-10-7-2)45-57-51(55)44-43-49(53)46(4)39-38-41-48(8-3)56-5/h34,36,46-48H,6-33,35,37-45H2,1-5H3,(H,52,54)/b36-34+/t46-,47+,48?/m0/s1. The van der Waals surface area contributed by atoms with Gasteiger partial charge in [-0.05, 0) is 44.9 Å². The predicted octanol–water partition coefficient (Wildman–Crippen LogP) is 15.3. The van der Waals surface area contributed by atoms with Crippen LogP contribution in [0.1, 0.15) is 265 Å². The average Bonchev–Trinajstić information content (AvgIpc) is 3.21. The van der Waals surface area contributed by atoms with E-state index in [9.17, 15) is 14.4 Å². The lowest BCUT2D eigenvalue weighted by Crippen LogP contribution is -2.38. The van der Waals surface area contributed by atoms with Gasteiger partial charge in [0.15, 0.2) is 0 Å². The number of ether oxygens (including phenoxy) is 2. The van der Waals surface area contributed by atoms with Crippen LogP contribution in [-0.4, -0.2) is 43.5 Å². The van der Waals surface area contributed by atoms with Crippen molar-refractivity contribution in [1.82, 2.24) is 5.32 Å². The minimum atomic E-state index is -0.363. The Labute approximate surface area is 355 Å². The Morgan fingerprint density at radius 2 is 0.982 bits per heavy atom. The van der Waals surface area contributed by atoms with E-state index in [1.165, 1.54) is 167 Å². The van der Waals surface area contributed by atoms with E-state index in [2.05, 4.69) is 38.2 Å². The van der Waals surface area contributed by atoms with Crippen LogP contribution in [0, 0.1) is 5.92 Å². The maximum atomic E-state index is 12.9. The summed E-state index contributed by atoms with van der Waals surface area (Å²) in [4.78, 5) is 38.3. The second-order valence-electron chi connectivity index (χ2n) is 17.4. The van der Waals surface area contributed by atoms with Crippen molar-refractivity contribution < 1.29 is 23.9 Å². The third-order valence-electron chi connectivity index (χ3n) is 12.0. The quantitative estimate of drug-likeness (QED) is 0.0377. The Hall–Kier alpha value is -1.69. The number of amides is 1. The molecule has 1 N–H and O–H groups in total. The zero-order valence-electron chi connectivity index (χ0n) is 38.8. The van der Waals surface area contributed by atoms with Crippen LogP contribution in [0.25, 0.3) is 0 Å². The SMILES string of the molecule is CCCCCCCCCCCCC/C=C/C[C@H](COC(=O)CCC(=O)[C@@H](C)CCCC(CC)OC)NC(=O)CCCCCCCCCCCCCCCCCCC. The number of hydrogen-bond donors (Lipinski definition) is 1. The fourth-order valence-electron chi connectivity index (χ4n) is 7.82. The highest BCUT2D eigenvalue weighted by atomic mass is 16.5. The number of nitrogens with one attached hydrogen (secondary N) is 1. The highest BCUT2D eigenvalue weighted by Crippen LogP contribution is 2.17. The van der Waals surface area contributed by atoms with Gasteiger partial charge in [-0.25, -0.2) is 0 Å². The maximum Gasteiger partial charge on any atom is 0.306 e. The number of ketones is 1. The molecule has 0 spiro atoms. The zero-order chi connectivity index (χ0) is 41.9. The first-order chi connectivity index (χ1) is 27.9. The lowest BCUT2D eigenvalue weighted by atomic mass is 9.95. The molecule has 336 valence electrons. The molecule has 6 heteroatoms. The van der Waals surface area contributed by atoms with E-state index < -0.39 is 0 Å². The van der Waals surface area contributed by atoms with Crippen molar-refractivity contribution in [2.75, 3.05) is 13.7 Å². The van der Waals surface area contributed by atoms with Crippen molar-refractivity contribution in [3.8, 4) is 0 Å². The van der Waals surface area contributed by atoms with Crippen LogP contribution in [0.5, 0.6) is 0 Å². The van der Waals surface area contributed by atoms with Crippen molar-refractivity contribution in [2.24, 2.45) is 5.92 Å². The average molecular weight is 804 g/mol. The second kappa shape index (κ2) is 43.9. The summed E-state index contributed by atoms with van der Waals surface area (Å²) in [6.07, 6.45) is 48.0. The predicted molar refractivity (Wildman–Crippen MR) is 245 cm³/mol. The molecule has 0 radical (unpaired) electrons. The van der Waals surface area contributed by atoms with E-state index in [0.29, 0.717) is 12.8 Å². The molecule has 1 unspecified atom stereocenters. The van der Waals surface area contributed by atoms with E-state index >= 15 is 0 Å². The molecule has 57 heavy (non-hydrogen) atoms. The van der Waals surface area contributed by atoms with Gasteiger partial charge in [0.1, 0.15) is 12.4 Å². The maximum absolute atomic E-state index is 12.9. The number of rotatable bonds is 45. The Kier molecular flexibility index (Phi) is 42.6. The molecular formula is C51H97NO5. The summed E-state index contributed by atoms with van der Waals surface area (Å²) in [5.74, 6) is -0.280. The highest BCUT2D eigenvalue weighted by molar-refractivity contribution is 5.84. The van der Waals surface area contributed by atoms with Crippen LogP contribution < -0.4 is 5.32 Å². The highest BCUT2D eigenvalue weighted by Gasteiger charge is 2.18. The molecule has 0 heterocycles. The lowest BCUT2D eigenvalue weighted by Gasteiger charge is -2.18. The molecule has 0 aromatic heterocycles. The van der Waals surface area contributed by atoms with Gasteiger partial charge in [0, 0.05) is 25.9 Å². The van der Waals surface area contributed by atoms with Crippen molar-refractivity contribution in [3.05, 3.63) is 12.2 Å². The van der Waals surface area contributed by atoms with Crippen molar-refractivity contribution in [3.63, 3.8) is 0 Å². The number of unbranched alkanes of at least 4 members (excludes halogenated alkanes) is 27. The van der Waals surface area contributed by atoms with E-state index in [4.69, 9.17) is 9.47 Å². The molecule has 1 amide bonds. The topological polar surface area (TPSA) is 81.7 Å². The number of carbonyl (C=O) groups excluding carboxylic acids is 3. The summed E-state index contributed by atoms with van der Waals surface area (Å²) in [6.45, 7) is 8.77. The molecule has 0 bridgehead atoms. The van der Waals surface area contributed by atoms with Crippen LogP contribution in [-0.2, 0) is 23.9 Å². The van der Waals surface area contributed by atoms with Gasteiger partial charge in [-0.1, -0.05) is 213 Å². The zero-order valence-corrected chi connectivity index (χ0v) is 38.8. The smallest absolute Gasteiger partial charge is 0.306 e. The molecule has 0 aliphatic rings. The summed E-state index contributed by atoms with van der Waals surface area (Å²) in [5, 5.41) is 3.15. The summed E-state index contributed by atoms with van der Waals surface area (Å²) in [5.41, 5.74) is 0. The number of methoxy groups -OCH3 is 1. The molecule has 0 aromatic rings. The van der Waals surface area contributed by atoms with Gasteiger partial charge < -0.3 is 14.8 Å². The minimum absolute atomic E-state index is 0.0403. The van der Waals surface area contributed by atoms with E-state index in [-0.39, 0.29) is 55.2 Å². The van der Waals surface area contributed by atoms with Gasteiger partial charge >= 0.3 is 5.97 Å². The van der Waals surface area contributed by atoms with Gasteiger partial charge in [-0.15, -0.1) is 0 Å². The van der Waals surface area contributed by atoms with Gasteiger partial charge in [-0.2, -0.15) is 0 Å². The molecular weight excluding hydrogens is 707 g/mol. The molecule has 0 aliphatic heterocycles. The Morgan fingerprint density at radius 3 is 1.44 bits per heavy atom. The van der Waals surface area contributed by atoms with Crippen molar-refractivity contribution in [2.45, 2.75) is 277 Å². The fourth-order valence-corrected chi connectivity index (χ4v) is 7.82. The first kappa shape index (κ1) is 55.3.